The third kappa shape index (κ3) is 3.61. The number of hydrogen-bond acceptors (Lipinski definition) is 4. The van der Waals surface area contributed by atoms with E-state index in [0.717, 1.165) is 0 Å². The third-order valence-electron chi connectivity index (χ3n) is 2.50. The normalized spacial score (nSPS) is 11.0. The van der Waals surface area contributed by atoms with Crippen LogP contribution in [0, 0.1) is 18.3 Å². The van der Waals surface area contributed by atoms with Gasteiger partial charge in [0.15, 0.2) is 5.69 Å². The fourth-order valence-corrected chi connectivity index (χ4v) is 1.66. The molecule has 21 heavy (non-hydrogen) atoms. The monoisotopic (exact) mass is 313 g/mol. The van der Waals surface area contributed by atoms with Gasteiger partial charge in [-0.05, 0) is 36.2 Å². The Kier molecular flexibility index (Phi) is 4.00. The van der Waals surface area contributed by atoms with Gasteiger partial charge in [-0.3, -0.25) is 0 Å². The van der Waals surface area contributed by atoms with Crippen LogP contribution in [0.25, 0.3) is 0 Å². The average molecular weight is 314 g/mol. The van der Waals surface area contributed by atoms with Crippen LogP contribution in [0.1, 0.15) is 16.8 Å². The Morgan fingerprint density at radius 2 is 1.95 bits per heavy atom. The van der Waals surface area contributed by atoms with Crippen LogP contribution in [-0.4, -0.2) is 9.97 Å². The molecular weight excluding hydrogens is 307 g/mol. The Hall–Kier alpha value is -2.33. The highest BCUT2D eigenvalue weighted by atomic mass is 35.5. The highest BCUT2D eigenvalue weighted by Crippen LogP contribution is 2.32. The summed E-state index contributed by atoms with van der Waals surface area (Å²) >= 11 is 5.47. The molecule has 0 aliphatic rings. The summed E-state index contributed by atoms with van der Waals surface area (Å²) < 4.78 is 43.2. The second-order valence-corrected chi connectivity index (χ2v) is 4.39. The number of nitrogens with zero attached hydrogens (tertiary/aromatic N) is 3. The Morgan fingerprint density at radius 1 is 1.24 bits per heavy atom. The fraction of sp³-hybridized carbons (Fsp3) is 0.154. The van der Waals surface area contributed by atoms with Gasteiger partial charge in [0.1, 0.15) is 5.75 Å². The molecule has 1 aromatic carbocycles. The highest BCUT2D eigenvalue weighted by molar-refractivity contribution is 6.28. The maximum absolute atomic E-state index is 12.6. The number of ether oxygens (including phenoxy) is 1. The molecule has 4 nitrogen and oxygen atoms in total. The molecule has 1 heterocycles. The molecule has 1 aromatic heterocycles. The predicted octanol–water partition coefficient (Wildman–Crippen LogP) is 4.12. The number of rotatable bonds is 2. The average Bonchev–Trinajstić information content (AvgIpc) is 2.39. The van der Waals surface area contributed by atoms with Crippen molar-refractivity contribution in [3.8, 4) is 17.7 Å². The first kappa shape index (κ1) is 15.1. The van der Waals surface area contributed by atoms with Crippen molar-refractivity contribution in [1.29, 1.82) is 5.26 Å². The second-order valence-electron chi connectivity index (χ2n) is 4.05. The smallest absolute Gasteiger partial charge is 0.433 e. The van der Waals surface area contributed by atoms with Crippen molar-refractivity contribution in [2.75, 3.05) is 0 Å². The van der Waals surface area contributed by atoms with E-state index in [4.69, 9.17) is 21.6 Å². The first-order valence-corrected chi connectivity index (χ1v) is 5.98. The van der Waals surface area contributed by atoms with Gasteiger partial charge in [0.2, 0.25) is 11.2 Å². The van der Waals surface area contributed by atoms with E-state index in [0.29, 0.717) is 17.2 Å². The van der Waals surface area contributed by atoms with Gasteiger partial charge in [0, 0.05) is 6.07 Å². The molecule has 0 spiro atoms. The molecular formula is C13H7ClF3N3O. The molecule has 0 amide bonds. The van der Waals surface area contributed by atoms with Crippen LogP contribution >= 0.6 is 11.6 Å². The zero-order valence-corrected chi connectivity index (χ0v) is 11.3. The molecule has 0 unspecified atom stereocenters. The lowest BCUT2D eigenvalue weighted by atomic mass is 10.1. The van der Waals surface area contributed by atoms with Crippen molar-refractivity contribution in [2.24, 2.45) is 0 Å². The number of hydrogen-bond donors (Lipinski definition) is 0. The molecule has 0 radical (unpaired) electrons. The van der Waals surface area contributed by atoms with Crippen LogP contribution in [0.5, 0.6) is 11.6 Å². The van der Waals surface area contributed by atoms with Gasteiger partial charge in [-0.25, -0.2) is 4.98 Å². The van der Waals surface area contributed by atoms with Crippen molar-refractivity contribution in [2.45, 2.75) is 13.1 Å². The number of alkyl halides is 3. The van der Waals surface area contributed by atoms with Crippen LogP contribution in [0.4, 0.5) is 13.2 Å². The number of nitriles is 1. The van der Waals surface area contributed by atoms with E-state index < -0.39 is 17.2 Å². The highest BCUT2D eigenvalue weighted by Gasteiger charge is 2.34. The van der Waals surface area contributed by atoms with Gasteiger partial charge in [-0.1, -0.05) is 6.07 Å². The fourth-order valence-electron chi connectivity index (χ4n) is 1.49. The summed E-state index contributed by atoms with van der Waals surface area (Å²) in [5.41, 5.74) is -0.254. The lowest BCUT2D eigenvalue weighted by molar-refractivity contribution is -0.141. The number of halogens is 4. The van der Waals surface area contributed by atoms with Gasteiger partial charge in [0.05, 0.1) is 11.6 Å². The summed E-state index contributed by atoms with van der Waals surface area (Å²) in [5.74, 6) is -0.127. The van der Waals surface area contributed by atoms with Crippen LogP contribution in [0.15, 0.2) is 24.3 Å². The molecule has 0 fully saturated rings. The van der Waals surface area contributed by atoms with Crippen LogP contribution in [0.2, 0.25) is 5.28 Å². The van der Waals surface area contributed by atoms with Crippen LogP contribution in [-0.2, 0) is 6.18 Å². The van der Waals surface area contributed by atoms with Gasteiger partial charge in [-0.2, -0.15) is 23.4 Å². The van der Waals surface area contributed by atoms with E-state index >= 15 is 0 Å². The standard InChI is InChI=1S/C13H7ClF3N3O/c1-7-2-3-8(6-18)4-9(7)21-11-5-10(13(15,16)17)19-12(14)20-11/h2-5H,1H3. The zero-order valence-electron chi connectivity index (χ0n) is 10.6. The zero-order chi connectivity index (χ0) is 15.6. The summed E-state index contributed by atoms with van der Waals surface area (Å²) in [6, 6.07) is 7.13. The molecule has 8 heteroatoms. The number of benzene rings is 1. The van der Waals surface area contributed by atoms with Crippen molar-refractivity contribution < 1.29 is 17.9 Å². The molecule has 108 valence electrons. The first-order chi connectivity index (χ1) is 9.79. The maximum atomic E-state index is 12.6. The molecule has 0 bridgehead atoms. The largest absolute Gasteiger partial charge is 0.439 e. The molecule has 0 atom stereocenters. The minimum Gasteiger partial charge on any atom is -0.439 e. The minimum absolute atomic E-state index is 0.219. The van der Waals surface area contributed by atoms with Gasteiger partial charge >= 0.3 is 6.18 Å². The van der Waals surface area contributed by atoms with Crippen molar-refractivity contribution in [3.63, 3.8) is 0 Å². The predicted molar refractivity (Wildman–Crippen MR) is 68.0 cm³/mol. The third-order valence-corrected chi connectivity index (χ3v) is 2.67. The van der Waals surface area contributed by atoms with Crippen molar-refractivity contribution in [3.05, 3.63) is 46.4 Å². The number of aromatic nitrogens is 2. The lowest BCUT2D eigenvalue weighted by Gasteiger charge is -2.10. The molecule has 2 aromatic rings. The summed E-state index contributed by atoms with van der Waals surface area (Å²) in [6.07, 6.45) is -4.66. The van der Waals surface area contributed by atoms with Crippen molar-refractivity contribution >= 4 is 11.6 Å². The SMILES string of the molecule is Cc1ccc(C#N)cc1Oc1cc(C(F)(F)F)nc(Cl)n1. The summed E-state index contributed by atoms with van der Waals surface area (Å²) in [6.45, 7) is 1.68. The molecule has 0 saturated carbocycles. The van der Waals surface area contributed by atoms with Crippen LogP contribution in [0.3, 0.4) is 0 Å². The summed E-state index contributed by atoms with van der Waals surface area (Å²) in [5, 5.41) is 8.24. The Morgan fingerprint density at radius 3 is 2.57 bits per heavy atom. The Bertz CT molecular complexity index is 726. The quantitative estimate of drug-likeness (QED) is 0.782. The Labute approximate surface area is 122 Å². The van der Waals surface area contributed by atoms with Gasteiger partial charge in [0.25, 0.3) is 0 Å². The Balaban J connectivity index is 2.41. The van der Waals surface area contributed by atoms with E-state index in [-0.39, 0.29) is 11.6 Å². The van der Waals surface area contributed by atoms with E-state index in [9.17, 15) is 13.2 Å². The van der Waals surface area contributed by atoms with E-state index in [2.05, 4.69) is 9.97 Å². The summed E-state index contributed by atoms with van der Waals surface area (Å²) in [4.78, 5) is 6.69. The van der Waals surface area contributed by atoms with Gasteiger partial charge in [-0.15, -0.1) is 0 Å². The molecule has 0 N–H and O–H groups in total. The van der Waals surface area contributed by atoms with Crippen LogP contribution < -0.4 is 4.74 Å². The lowest BCUT2D eigenvalue weighted by Crippen LogP contribution is -2.09. The topological polar surface area (TPSA) is 58.8 Å². The minimum atomic E-state index is -4.66. The number of aryl methyl sites for hydroxylation is 1. The summed E-state index contributed by atoms with van der Waals surface area (Å²) in [7, 11) is 0. The molecule has 0 aliphatic carbocycles. The maximum Gasteiger partial charge on any atom is 0.433 e. The molecule has 0 aliphatic heterocycles. The molecule has 2 rings (SSSR count). The van der Waals surface area contributed by atoms with E-state index in [1.54, 1.807) is 19.1 Å². The molecule has 0 saturated heterocycles. The first-order valence-electron chi connectivity index (χ1n) is 5.60. The van der Waals surface area contributed by atoms with E-state index in [1.165, 1.54) is 6.07 Å². The van der Waals surface area contributed by atoms with E-state index in [1.807, 2.05) is 6.07 Å². The second kappa shape index (κ2) is 5.58. The van der Waals surface area contributed by atoms with Gasteiger partial charge < -0.3 is 4.74 Å². The van der Waals surface area contributed by atoms with Crippen molar-refractivity contribution in [1.82, 2.24) is 9.97 Å².